The molecule has 0 aliphatic heterocycles. The van der Waals surface area contributed by atoms with Crippen molar-refractivity contribution in [1.29, 1.82) is 0 Å². The molecule has 18 heavy (non-hydrogen) atoms. The van der Waals surface area contributed by atoms with Crippen molar-refractivity contribution in [2.45, 2.75) is 20.3 Å². The average molecular weight is 272 g/mol. The van der Waals surface area contributed by atoms with Crippen molar-refractivity contribution in [2.75, 3.05) is 51.0 Å². The van der Waals surface area contributed by atoms with Crippen molar-refractivity contribution in [3.05, 3.63) is 0 Å². The Morgan fingerprint density at radius 3 is 2.50 bits per heavy atom. The van der Waals surface area contributed by atoms with E-state index in [2.05, 4.69) is 35.2 Å². The Bertz CT molecular complexity index is 354. The van der Waals surface area contributed by atoms with Gasteiger partial charge in [-0.2, -0.15) is 4.37 Å². The normalized spacial score (nSPS) is 10.9. The number of nitrogen functional groups attached to an aromatic ring is 1. The predicted octanol–water partition coefficient (Wildman–Crippen LogP) is 1.90. The molecule has 0 aliphatic rings. The van der Waals surface area contributed by atoms with Crippen LogP contribution in [0.5, 0.6) is 5.75 Å². The summed E-state index contributed by atoms with van der Waals surface area (Å²) in [4.78, 5) is 4.48. The first-order valence-corrected chi connectivity index (χ1v) is 7.15. The lowest BCUT2D eigenvalue weighted by Gasteiger charge is -2.24. The zero-order chi connectivity index (χ0) is 13.5. The van der Waals surface area contributed by atoms with Crippen molar-refractivity contribution in [1.82, 2.24) is 9.27 Å². The minimum absolute atomic E-state index is 0.503. The SMILES string of the molecule is CCCN(CCN(C)C)c1snc(N)c1OCC. The quantitative estimate of drug-likeness (QED) is 0.783. The maximum atomic E-state index is 5.85. The van der Waals surface area contributed by atoms with Gasteiger partial charge in [0.1, 0.15) is 0 Å². The number of hydrogen-bond acceptors (Lipinski definition) is 6. The fourth-order valence-corrected chi connectivity index (χ4v) is 2.48. The van der Waals surface area contributed by atoms with Crippen LogP contribution in [-0.4, -0.2) is 49.6 Å². The molecule has 5 nitrogen and oxygen atoms in total. The van der Waals surface area contributed by atoms with Gasteiger partial charge in [-0.15, -0.1) is 0 Å². The molecule has 1 rings (SSSR count). The summed E-state index contributed by atoms with van der Waals surface area (Å²) < 4.78 is 9.81. The van der Waals surface area contributed by atoms with Gasteiger partial charge in [0.2, 0.25) is 0 Å². The van der Waals surface area contributed by atoms with Gasteiger partial charge in [-0.25, -0.2) is 0 Å². The molecule has 0 spiro atoms. The molecule has 1 aromatic rings. The smallest absolute Gasteiger partial charge is 0.197 e. The van der Waals surface area contributed by atoms with Crippen LogP contribution < -0.4 is 15.4 Å². The Morgan fingerprint density at radius 2 is 1.94 bits per heavy atom. The predicted molar refractivity (Wildman–Crippen MR) is 78.8 cm³/mol. The van der Waals surface area contributed by atoms with Crippen LogP contribution in [0, 0.1) is 0 Å². The fraction of sp³-hybridized carbons (Fsp3) is 0.750. The first kappa shape index (κ1) is 15.0. The van der Waals surface area contributed by atoms with Gasteiger partial charge in [0.05, 0.1) is 6.61 Å². The molecule has 0 fully saturated rings. The molecule has 6 heteroatoms. The standard InChI is InChI=1S/C12H24N4OS/c1-5-7-16(9-8-15(3)4)12-10(17-6-2)11(13)14-18-12/h5-9H2,1-4H3,(H2,13,14). The lowest BCUT2D eigenvalue weighted by Crippen LogP contribution is -2.32. The molecule has 0 bridgehead atoms. The van der Waals surface area contributed by atoms with Gasteiger partial charge in [-0.3, -0.25) is 0 Å². The highest BCUT2D eigenvalue weighted by molar-refractivity contribution is 7.11. The number of ether oxygens (including phenoxy) is 1. The van der Waals surface area contributed by atoms with Gasteiger partial charge >= 0.3 is 0 Å². The molecule has 1 heterocycles. The molecule has 0 amide bonds. The summed E-state index contributed by atoms with van der Waals surface area (Å²) in [6.07, 6.45) is 1.09. The van der Waals surface area contributed by atoms with Crippen LogP contribution >= 0.6 is 11.5 Å². The van der Waals surface area contributed by atoms with E-state index >= 15 is 0 Å². The summed E-state index contributed by atoms with van der Waals surface area (Å²) in [6.45, 7) is 7.71. The Morgan fingerprint density at radius 1 is 1.22 bits per heavy atom. The van der Waals surface area contributed by atoms with Gasteiger partial charge in [0.25, 0.3) is 0 Å². The van der Waals surface area contributed by atoms with E-state index in [0.717, 1.165) is 36.8 Å². The third kappa shape index (κ3) is 4.03. The molecule has 0 saturated carbocycles. The van der Waals surface area contributed by atoms with E-state index in [1.54, 1.807) is 0 Å². The highest BCUT2D eigenvalue weighted by Gasteiger charge is 2.18. The van der Waals surface area contributed by atoms with E-state index in [9.17, 15) is 0 Å². The number of rotatable bonds is 8. The summed E-state index contributed by atoms with van der Waals surface area (Å²) in [5, 5.41) is 1.05. The number of nitrogens with zero attached hydrogens (tertiary/aromatic N) is 3. The fourth-order valence-electron chi connectivity index (χ4n) is 1.67. The molecule has 0 radical (unpaired) electrons. The highest BCUT2D eigenvalue weighted by atomic mass is 32.1. The number of aromatic nitrogens is 1. The second kappa shape index (κ2) is 7.43. The first-order valence-electron chi connectivity index (χ1n) is 6.37. The second-order valence-corrected chi connectivity index (χ2v) is 5.18. The zero-order valence-electron chi connectivity index (χ0n) is 11.8. The zero-order valence-corrected chi connectivity index (χ0v) is 12.6. The van der Waals surface area contributed by atoms with Crippen LogP contribution in [0.3, 0.4) is 0 Å². The average Bonchev–Trinajstić information content (AvgIpc) is 2.67. The van der Waals surface area contributed by atoms with E-state index in [1.165, 1.54) is 11.5 Å². The molecule has 2 N–H and O–H groups in total. The molecule has 104 valence electrons. The molecule has 0 aromatic carbocycles. The second-order valence-electron chi connectivity index (χ2n) is 4.43. The van der Waals surface area contributed by atoms with Crippen LogP contribution in [0.2, 0.25) is 0 Å². The van der Waals surface area contributed by atoms with Gasteiger partial charge in [0, 0.05) is 19.6 Å². The molecule has 0 saturated heterocycles. The number of likely N-dealkylation sites (N-methyl/N-ethyl adjacent to an activating group) is 1. The maximum Gasteiger partial charge on any atom is 0.197 e. The van der Waals surface area contributed by atoms with Gasteiger partial charge < -0.3 is 20.3 Å². The van der Waals surface area contributed by atoms with Gasteiger partial charge in [-0.1, -0.05) is 6.92 Å². The summed E-state index contributed by atoms with van der Waals surface area (Å²) in [5.41, 5.74) is 5.85. The monoisotopic (exact) mass is 272 g/mol. The van der Waals surface area contributed by atoms with Crippen molar-refractivity contribution in [2.24, 2.45) is 0 Å². The highest BCUT2D eigenvalue weighted by Crippen LogP contribution is 2.38. The van der Waals surface area contributed by atoms with E-state index in [4.69, 9.17) is 10.5 Å². The van der Waals surface area contributed by atoms with Crippen molar-refractivity contribution < 1.29 is 4.74 Å². The van der Waals surface area contributed by atoms with E-state index in [-0.39, 0.29) is 0 Å². The van der Waals surface area contributed by atoms with Crippen LogP contribution in [0.15, 0.2) is 0 Å². The van der Waals surface area contributed by atoms with Crippen molar-refractivity contribution in [3.63, 3.8) is 0 Å². The Kier molecular flexibility index (Phi) is 6.21. The minimum atomic E-state index is 0.503. The van der Waals surface area contributed by atoms with E-state index < -0.39 is 0 Å². The lowest BCUT2D eigenvalue weighted by molar-refractivity contribution is 0.342. The van der Waals surface area contributed by atoms with Crippen molar-refractivity contribution >= 4 is 22.4 Å². The van der Waals surface area contributed by atoms with E-state index in [0.29, 0.717) is 12.4 Å². The molecule has 0 unspecified atom stereocenters. The van der Waals surface area contributed by atoms with Crippen LogP contribution in [0.1, 0.15) is 20.3 Å². The molecular weight excluding hydrogens is 248 g/mol. The molecule has 0 atom stereocenters. The summed E-state index contributed by atoms with van der Waals surface area (Å²) in [7, 11) is 4.16. The number of nitrogens with two attached hydrogens (primary N) is 1. The third-order valence-electron chi connectivity index (χ3n) is 2.54. The number of anilines is 2. The molecule has 0 aliphatic carbocycles. The van der Waals surface area contributed by atoms with Crippen LogP contribution in [-0.2, 0) is 0 Å². The molecular formula is C12H24N4OS. The maximum absolute atomic E-state index is 5.85. The first-order chi connectivity index (χ1) is 8.60. The summed E-state index contributed by atoms with van der Waals surface area (Å²) >= 11 is 1.42. The lowest BCUT2D eigenvalue weighted by atomic mass is 10.3. The Labute approximate surface area is 114 Å². The largest absolute Gasteiger partial charge is 0.487 e. The summed E-state index contributed by atoms with van der Waals surface area (Å²) in [6, 6.07) is 0. The minimum Gasteiger partial charge on any atom is -0.487 e. The Hall–Kier alpha value is -1.01. The van der Waals surface area contributed by atoms with Gasteiger partial charge in [0.15, 0.2) is 16.6 Å². The topological polar surface area (TPSA) is 54.6 Å². The Balaban J connectivity index is 2.83. The van der Waals surface area contributed by atoms with Crippen LogP contribution in [0.25, 0.3) is 0 Å². The van der Waals surface area contributed by atoms with Gasteiger partial charge in [-0.05, 0) is 39.0 Å². The molecule has 1 aromatic heterocycles. The summed E-state index contributed by atoms with van der Waals surface area (Å²) in [5.74, 6) is 1.25. The third-order valence-corrected chi connectivity index (χ3v) is 3.45. The van der Waals surface area contributed by atoms with Crippen molar-refractivity contribution in [3.8, 4) is 5.75 Å². The van der Waals surface area contributed by atoms with Crippen LogP contribution in [0.4, 0.5) is 10.8 Å². The number of hydrogen-bond donors (Lipinski definition) is 1. The van der Waals surface area contributed by atoms with E-state index in [1.807, 2.05) is 6.92 Å².